The summed E-state index contributed by atoms with van der Waals surface area (Å²) in [5.74, 6) is -0.0529. The van der Waals surface area contributed by atoms with Gasteiger partial charge in [-0.1, -0.05) is 6.92 Å². The van der Waals surface area contributed by atoms with Crippen LogP contribution in [0.4, 0.5) is 5.69 Å². The molecule has 1 saturated carbocycles. The number of hydrogen-bond donors (Lipinski definition) is 2. The van der Waals surface area contributed by atoms with Gasteiger partial charge in [-0.3, -0.25) is 9.48 Å². The number of thiophene rings is 1. The average Bonchev–Trinajstić information content (AvgIpc) is 3.04. The fourth-order valence-corrected chi connectivity index (χ4v) is 3.78. The molecule has 3 N–H and O–H groups in total. The second kappa shape index (κ2) is 4.48. The number of aryl methyl sites for hydroxylation is 2. The van der Waals surface area contributed by atoms with Gasteiger partial charge in [0.2, 0.25) is 0 Å². The standard InChI is InChI=1S/C14H20N4OS/c1-4-14(5-6-14)7-16-12(19)11-10(15)9-8(2)17-18(3)13(9)20-11/h4-7,15H2,1-3H3,(H,16,19). The first-order valence-corrected chi connectivity index (χ1v) is 7.79. The minimum atomic E-state index is -0.0529. The first kappa shape index (κ1) is 13.4. The molecule has 5 nitrogen and oxygen atoms in total. The lowest BCUT2D eigenvalue weighted by molar-refractivity contribution is 0.0949. The van der Waals surface area contributed by atoms with Crippen LogP contribution in [0, 0.1) is 12.3 Å². The van der Waals surface area contributed by atoms with Crippen molar-refractivity contribution in [2.75, 3.05) is 12.3 Å². The molecule has 2 heterocycles. The summed E-state index contributed by atoms with van der Waals surface area (Å²) in [4.78, 5) is 13.9. The molecule has 0 aromatic carbocycles. The van der Waals surface area contributed by atoms with Crippen LogP contribution in [-0.4, -0.2) is 22.2 Å². The number of nitrogens with two attached hydrogens (primary N) is 1. The lowest BCUT2D eigenvalue weighted by Gasteiger charge is -2.12. The van der Waals surface area contributed by atoms with Crippen LogP contribution in [-0.2, 0) is 7.05 Å². The molecular weight excluding hydrogens is 272 g/mol. The lowest BCUT2D eigenvalue weighted by atomic mass is 10.0. The zero-order valence-electron chi connectivity index (χ0n) is 12.1. The van der Waals surface area contributed by atoms with Crippen LogP contribution in [0.25, 0.3) is 10.2 Å². The van der Waals surface area contributed by atoms with Crippen LogP contribution in [0.1, 0.15) is 41.6 Å². The molecule has 2 aromatic rings. The summed E-state index contributed by atoms with van der Waals surface area (Å²) in [6.45, 7) is 4.86. The third-order valence-corrected chi connectivity index (χ3v) is 5.69. The number of aromatic nitrogens is 2. The smallest absolute Gasteiger partial charge is 0.263 e. The number of anilines is 1. The van der Waals surface area contributed by atoms with Gasteiger partial charge in [0, 0.05) is 13.6 Å². The van der Waals surface area contributed by atoms with Gasteiger partial charge >= 0.3 is 0 Å². The van der Waals surface area contributed by atoms with E-state index in [0.29, 0.717) is 16.0 Å². The minimum Gasteiger partial charge on any atom is -0.397 e. The summed E-state index contributed by atoms with van der Waals surface area (Å²) < 4.78 is 1.79. The van der Waals surface area contributed by atoms with Gasteiger partial charge in [-0.15, -0.1) is 11.3 Å². The van der Waals surface area contributed by atoms with Gasteiger partial charge in [0.15, 0.2) is 0 Å². The minimum absolute atomic E-state index is 0.0529. The van der Waals surface area contributed by atoms with Crippen molar-refractivity contribution in [1.82, 2.24) is 15.1 Å². The number of carbonyl (C=O) groups excluding carboxylic acids is 1. The quantitative estimate of drug-likeness (QED) is 0.909. The largest absolute Gasteiger partial charge is 0.397 e. The van der Waals surface area contributed by atoms with Gasteiger partial charge < -0.3 is 11.1 Å². The highest BCUT2D eigenvalue weighted by molar-refractivity contribution is 7.21. The molecule has 1 aliphatic rings. The molecular formula is C14H20N4OS. The van der Waals surface area contributed by atoms with Gasteiger partial charge in [-0.2, -0.15) is 5.10 Å². The highest BCUT2D eigenvalue weighted by Gasteiger charge is 2.40. The lowest BCUT2D eigenvalue weighted by Crippen LogP contribution is -2.29. The maximum atomic E-state index is 12.3. The second-order valence-corrected chi connectivity index (χ2v) is 6.77. The van der Waals surface area contributed by atoms with E-state index in [9.17, 15) is 4.79 Å². The Balaban J connectivity index is 1.84. The van der Waals surface area contributed by atoms with Gasteiger partial charge in [-0.25, -0.2) is 0 Å². The van der Waals surface area contributed by atoms with Crippen LogP contribution in [0.15, 0.2) is 0 Å². The van der Waals surface area contributed by atoms with E-state index in [0.717, 1.165) is 28.9 Å². The Kier molecular flexibility index (Phi) is 3.01. The fourth-order valence-electron chi connectivity index (χ4n) is 2.68. The first-order valence-electron chi connectivity index (χ1n) is 6.97. The predicted octanol–water partition coefficient (Wildman–Crippen LogP) is 2.45. The van der Waals surface area contributed by atoms with Crippen molar-refractivity contribution < 1.29 is 4.79 Å². The molecule has 0 unspecified atom stereocenters. The van der Waals surface area contributed by atoms with E-state index < -0.39 is 0 Å². The van der Waals surface area contributed by atoms with E-state index in [-0.39, 0.29) is 5.91 Å². The summed E-state index contributed by atoms with van der Waals surface area (Å²) in [7, 11) is 1.88. The van der Waals surface area contributed by atoms with Crippen LogP contribution in [0.5, 0.6) is 0 Å². The van der Waals surface area contributed by atoms with Crippen molar-refractivity contribution in [2.24, 2.45) is 12.5 Å². The summed E-state index contributed by atoms with van der Waals surface area (Å²) in [6.07, 6.45) is 3.56. The zero-order valence-corrected chi connectivity index (χ0v) is 12.9. The van der Waals surface area contributed by atoms with E-state index in [4.69, 9.17) is 5.73 Å². The number of nitrogens with one attached hydrogen (secondary N) is 1. The number of nitrogen functional groups attached to an aromatic ring is 1. The molecule has 20 heavy (non-hydrogen) atoms. The Hall–Kier alpha value is -1.56. The normalized spacial score (nSPS) is 16.6. The Morgan fingerprint density at radius 3 is 2.80 bits per heavy atom. The molecule has 0 aliphatic heterocycles. The molecule has 1 fully saturated rings. The molecule has 0 spiro atoms. The maximum absolute atomic E-state index is 12.3. The molecule has 108 valence electrons. The third-order valence-electron chi connectivity index (χ3n) is 4.42. The number of fused-ring (bicyclic) bond motifs is 1. The van der Waals surface area contributed by atoms with Gasteiger partial charge in [-0.05, 0) is 31.6 Å². The molecule has 3 rings (SSSR count). The number of amides is 1. The zero-order chi connectivity index (χ0) is 14.5. The molecule has 1 aliphatic carbocycles. The van der Waals surface area contributed by atoms with Crippen LogP contribution >= 0.6 is 11.3 Å². The van der Waals surface area contributed by atoms with Crippen molar-refractivity contribution in [1.29, 1.82) is 0 Å². The van der Waals surface area contributed by atoms with Crippen LogP contribution in [0.2, 0.25) is 0 Å². The SMILES string of the molecule is CCC1(CNC(=O)c2sc3c(c(C)nn3C)c2N)CC1. The van der Waals surface area contributed by atoms with Crippen molar-refractivity contribution in [3.63, 3.8) is 0 Å². The first-order chi connectivity index (χ1) is 9.47. The highest BCUT2D eigenvalue weighted by Crippen LogP contribution is 2.48. The molecule has 6 heteroatoms. The number of rotatable bonds is 4. The van der Waals surface area contributed by atoms with E-state index >= 15 is 0 Å². The maximum Gasteiger partial charge on any atom is 0.263 e. The van der Waals surface area contributed by atoms with E-state index in [1.54, 1.807) is 4.68 Å². The summed E-state index contributed by atoms with van der Waals surface area (Å²) in [6, 6.07) is 0. The molecule has 0 saturated heterocycles. The van der Waals surface area contributed by atoms with Crippen LogP contribution in [0.3, 0.4) is 0 Å². The van der Waals surface area contributed by atoms with Gasteiger partial charge in [0.05, 0.1) is 16.8 Å². The van der Waals surface area contributed by atoms with Crippen molar-refractivity contribution in [2.45, 2.75) is 33.1 Å². The van der Waals surface area contributed by atoms with Crippen molar-refractivity contribution in [3.05, 3.63) is 10.6 Å². The third kappa shape index (κ3) is 1.98. The van der Waals surface area contributed by atoms with Gasteiger partial charge in [0.1, 0.15) is 9.71 Å². The molecule has 2 aromatic heterocycles. The Bertz CT molecular complexity index is 681. The van der Waals surface area contributed by atoms with Gasteiger partial charge in [0.25, 0.3) is 5.91 Å². The van der Waals surface area contributed by atoms with Crippen molar-refractivity contribution >= 4 is 33.1 Å². The molecule has 0 radical (unpaired) electrons. The van der Waals surface area contributed by atoms with E-state index in [1.165, 1.54) is 24.2 Å². The fraction of sp³-hybridized carbons (Fsp3) is 0.571. The average molecular weight is 292 g/mol. The number of nitrogens with zero attached hydrogens (tertiary/aromatic N) is 2. The molecule has 0 bridgehead atoms. The Labute approximate surface area is 122 Å². The summed E-state index contributed by atoms with van der Waals surface area (Å²) in [5, 5.41) is 8.30. The topological polar surface area (TPSA) is 72.9 Å². The summed E-state index contributed by atoms with van der Waals surface area (Å²) >= 11 is 1.42. The van der Waals surface area contributed by atoms with E-state index in [1.807, 2.05) is 14.0 Å². The predicted molar refractivity (Wildman–Crippen MR) is 82.0 cm³/mol. The molecule has 1 amide bonds. The Morgan fingerprint density at radius 1 is 1.55 bits per heavy atom. The molecule has 0 atom stereocenters. The Morgan fingerprint density at radius 2 is 2.25 bits per heavy atom. The van der Waals surface area contributed by atoms with Crippen molar-refractivity contribution in [3.8, 4) is 0 Å². The van der Waals surface area contributed by atoms with Crippen LogP contribution < -0.4 is 11.1 Å². The highest BCUT2D eigenvalue weighted by atomic mass is 32.1. The monoisotopic (exact) mass is 292 g/mol. The van der Waals surface area contributed by atoms with E-state index in [2.05, 4.69) is 17.3 Å². The number of carbonyl (C=O) groups is 1. The second-order valence-electron chi connectivity index (χ2n) is 5.77. The summed E-state index contributed by atoms with van der Waals surface area (Å²) in [5.41, 5.74) is 7.93. The number of hydrogen-bond acceptors (Lipinski definition) is 4.